The van der Waals surface area contributed by atoms with Gasteiger partial charge in [-0.1, -0.05) is 89.5 Å². The molecule has 7 nitrogen and oxygen atoms in total. The molecule has 2 fully saturated rings. The molecular formula is C36H39ClN2O5S2. The number of halogens is 1. The normalized spacial score (nSPS) is 24.4. The summed E-state index contributed by atoms with van der Waals surface area (Å²) in [6, 6.07) is 28.9. The third kappa shape index (κ3) is 6.29. The van der Waals surface area contributed by atoms with E-state index >= 15 is 0 Å². The van der Waals surface area contributed by atoms with Crippen molar-refractivity contribution in [2.75, 3.05) is 13.2 Å². The monoisotopic (exact) mass is 678 g/mol. The molecule has 4 aromatic rings. The Morgan fingerprint density at radius 2 is 1.30 bits per heavy atom. The SMILES string of the molecule is CCO[C@H]1C[C@@H](c2ccccc2)N(S(=O)(=O)c2ccc(C)cc2)[C@H]2CC(c3cccc(Cl)c3)N(S(=O)(=O)c3ccc(C)cc3)C[C@@H]12. The number of aryl methyl sites for hydroxylation is 2. The average Bonchev–Trinajstić information content (AvgIpc) is 3.05. The van der Waals surface area contributed by atoms with E-state index in [-0.39, 0.29) is 28.9 Å². The lowest BCUT2D eigenvalue weighted by Gasteiger charge is -2.54. The lowest BCUT2D eigenvalue weighted by molar-refractivity contribution is -0.0823. The number of piperidine rings is 2. The predicted molar refractivity (Wildman–Crippen MR) is 181 cm³/mol. The van der Waals surface area contributed by atoms with Crippen LogP contribution in [0.1, 0.15) is 54.1 Å². The Morgan fingerprint density at radius 3 is 1.89 bits per heavy atom. The molecular weight excluding hydrogens is 640 g/mol. The van der Waals surface area contributed by atoms with Gasteiger partial charge in [-0.2, -0.15) is 8.61 Å². The molecule has 2 saturated heterocycles. The van der Waals surface area contributed by atoms with Gasteiger partial charge in [0.15, 0.2) is 0 Å². The van der Waals surface area contributed by atoms with E-state index in [0.717, 1.165) is 16.7 Å². The number of hydrogen-bond donors (Lipinski definition) is 0. The van der Waals surface area contributed by atoms with Crippen LogP contribution in [0.4, 0.5) is 0 Å². The van der Waals surface area contributed by atoms with Crippen LogP contribution in [0, 0.1) is 19.8 Å². The van der Waals surface area contributed by atoms with Gasteiger partial charge in [-0.05, 0) is 81.1 Å². The molecule has 2 heterocycles. The van der Waals surface area contributed by atoms with Crippen LogP contribution in [0.15, 0.2) is 113 Å². The molecule has 0 aromatic heterocycles. The fourth-order valence-electron chi connectivity index (χ4n) is 7.03. The largest absolute Gasteiger partial charge is 0.378 e. The number of fused-ring (bicyclic) bond motifs is 1. The second kappa shape index (κ2) is 13.2. The molecule has 2 aliphatic rings. The topological polar surface area (TPSA) is 84.0 Å². The van der Waals surface area contributed by atoms with E-state index in [9.17, 15) is 16.8 Å². The van der Waals surface area contributed by atoms with Crippen molar-refractivity contribution in [3.05, 3.63) is 130 Å². The van der Waals surface area contributed by atoms with E-state index < -0.39 is 44.1 Å². The fraction of sp³-hybridized carbons (Fsp3) is 0.333. The predicted octanol–water partition coefficient (Wildman–Crippen LogP) is 7.32. The minimum Gasteiger partial charge on any atom is -0.378 e. The van der Waals surface area contributed by atoms with Crippen molar-refractivity contribution in [3.8, 4) is 0 Å². The maximum Gasteiger partial charge on any atom is 0.243 e. The summed E-state index contributed by atoms with van der Waals surface area (Å²) in [6.45, 7) is 6.26. The van der Waals surface area contributed by atoms with Crippen LogP contribution in [0.25, 0.3) is 0 Å². The molecule has 5 atom stereocenters. The zero-order valence-corrected chi connectivity index (χ0v) is 28.5. The van der Waals surface area contributed by atoms with Gasteiger partial charge in [0.25, 0.3) is 0 Å². The third-order valence-corrected chi connectivity index (χ3v) is 13.4. The van der Waals surface area contributed by atoms with E-state index in [2.05, 4.69) is 0 Å². The smallest absolute Gasteiger partial charge is 0.243 e. The minimum absolute atomic E-state index is 0.0875. The number of benzene rings is 4. The lowest BCUT2D eigenvalue weighted by Crippen LogP contribution is -2.62. The highest BCUT2D eigenvalue weighted by atomic mass is 35.5. The summed E-state index contributed by atoms with van der Waals surface area (Å²) in [4.78, 5) is 0.403. The second-order valence-corrected chi connectivity index (χ2v) is 16.4. The molecule has 0 radical (unpaired) electrons. The van der Waals surface area contributed by atoms with E-state index in [4.69, 9.17) is 16.3 Å². The van der Waals surface area contributed by atoms with Crippen molar-refractivity contribution in [1.29, 1.82) is 0 Å². The summed E-state index contributed by atoms with van der Waals surface area (Å²) in [5.74, 6) is -0.421. The first-order valence-corrected chi connectivity index (χ1v) is 18.9. The summed E-state index contributed by atoms with van der Waals surface area (Å²) in [5.41, 5.74) is 3.50. The molecule has 0 saturated carbocycles. The van der Waals surface area contributed by atoms with Crippen LogP contribution in [0.2, 0.25) is 5.02 Å². The zero-order valence-electron chi connectivity index (χ0n) is 26.2. The summed E-state index contributed by atoms with van der Waals surface area (Å²) in [6.07, 6.45) is 0.249. The zero-order chi connectivity index (χ0) is 32.6. The van der Waals surface area contributed by atoms with Gasteiger partial charge in [-0.3, -0.25) is 0 Å². The first-order chi connectivity index (χ1) is 22.0. The summed E-state index contributed by atoms with van der Waals surface area (Å²) in [7, 11) is -8.01. The lowest BCUT2D eigenvalue weighted by atomic mass is 9.76. The Balaban J connectivity index is 1.53. The molecule has 0 spiro atoms. The van der Waals surface area contributed by atoms with Crippen molar-refractivity contribution in [2.24, 2.45) is 5.92 Å². The van der Waals surface area contributed by atoms with Crippen molar-refractivity contribution in [3.63, 3.8) is 0 Å². The van der Waals surface area contributed by atoms with Crippen LogP contribution in [-0.4, -0.2) is 50.7 Å². The van der Waals surface area contributed by atoms with Crippen LogP contribution >= 0.6 is 11.6 Å². The first-order valence-electron chi connectivity index (χ1n) is 15.6. The summed E-state index contributed by atoms with van der Waals surface area (Å²) in [5, 5.41) is 0.481. The second-order valence-electron chi connectivity index (χ2n) is 12.2. The summed E-state index contributed by atoms with van der Waals surface area (Å²) < 4.78 is 68.0. The molecule has 6 rings (SSSR count). The van der Waals surface area contributed by atoms with Crippen LogP contribution < -0.4 is 0 Å². The third-order valence-electron chi connectivity index (χ3n) is 9.29. The van der Waals surface area contributed by atoms with Crippen molar-refractivity contribution >= 4 is 31.6 Å². The van der Waals surface area contributed by atoms with Gasteiger partial charge in [-0.25, -0.2) is 16.8 Å². The van der Waals surface area contributed by atoms with Gasteiger partial charge in [0, 0.05) is 30.1 Å². The quantitative estimate of drug-likeness (QED) is 0.195. The van der Waals surface area contributed by atoms with E-state index in [1.165, 1.54) is 4.31 Å². The number of nitrogens with zero attached hydrogens (tertiary/aromatic N) is 2. The highest BCUT2D eigenvalue weighted by Gasteiger charge is 2.55. The maximum atomic E-state index is 14.8. The average molecular weight is 679 g/mol. The molecule has 0 aliphatic carbocycles. The van der Waals surface area contributed by atoms with Crippen molar-refractivity contribution in [1.82, 2.24) is 8.61 Å². The maximum absolute atomic E-state index is 14.8. The van der Waals surface area contributed by atoms with Gasteiger partial charge >= 0.3 is 0 Å². The van der Waals surface area contributed by atoms with Gasteiger partial charge in [0.05, 0.1) is 28.0 Å². The molecule has 46 heavy (non-hydrogen) atoms. The molecule has 10 heteroatoms. The van der Waals surface area contributed by atoms with Crippen LogP contribution in [-0.2, 0) is 24.8 Å². The number of rotatable bonds is 8. The molecule has 242 valence electrons. The first kappa shape index (κ1) is 32.9. The van der Waals surface area contributed by atoms with Crippen molar-refractivity contribution in [2.45, 2.75) is 67.6 Å². The highest BCUT2D eigenvalue weighted by Crippen LogP contribution is 2.50. The number of sulfonamides is 2. The van der Waals surface area contributed by atoms with E-state index in [0.29, 0.717) is 23.6 Å². The summed E-state index contributed by atoms with van der Waals surface area (Å²) >= 11 is 6.47. The number of hydrogen-bond acceptors (Lipinski definition) is 5. The van der Waals surface area contributed by atoms with E-state index in [1.807, 2.05) is 57.2 Å². The number of ether oxygens (including phenoxy) is 1. The molecule has 1 unspecified atom stereocenters. The van der Waals surface area contributed by atoms with Crippen molar-refractivity contribution < 1.29 is 21.6 Å². The van der Waals surface area contributed by atoms with Gasteiger partial charge in [0.1, 0.15) is 0 Å². The standard InChI is InChI=1S/C36H39ClN2O5S2/c1-4-44-36-23-34(27-9-6-5-7-10-27)39(46(42,43)31-19-15-26(3)16-20-31)35-22-33(28-11-8-12-29(37)21-28)38(24-32(35)36)45(40,41)30-17-13-25(2)14-18-30/h5-21,32-36H,4,22-24H2,1-3H3/t32-,33?,34+,35+,36+/m1/s1. The molecule has 0 N–H and O–H groups in total. The Hall–Kier alpha value is -3.05. The Bertz CT molecular complexity index is 1890. The highest BCUT2D eigenvalue weighted by molar-refractivity contribution is 7.89. The molecule has 2 aliphatic heterocycles. The molecule has 0 bridgehead atoms. The Kier molecular flexibility index (Phi) is 9.45. The Morgan fingerprint density at radius 1 is 0.717 bits per heavy atom. The molecule has 4 aromatic carbocycles. The van der Waals surface area contributed by atoms with Gasteiger partial charge in [0.2, 0.25) is 20.0 Å². The fourth-order valence-corrected chi connectivity index (χ4v) is 10.8. The van der Waals surface area contributed by atoms with E-state index in [1.54, 1.807) is 71.0 Å². The van der Waals surface area contributed by atoms with Crippen LogP contribution in [0.3, 0.4) is 0 Å². The van der Waals surface area contributed by atoms with Gasteiger partial charge in [-0.15, -0.1) is 0 Å². The Labute approximate surface area is 277 Å². The molecule has 0 amide bonds. The van der Waals surface area contributed by atoms with Gasteiger partial charge < -0.3 is 4.74 Å². The minimum atomic E-state index is -4.02. The van der Waals surface area contributed by atoms with Crippen LogP contribution in [0.5, 0.6) is 0 Å².